The maximum absolute atomic E-state index is 12.9. The van der Waals surface area contributed by atoms with Gasteiger partial charge in [-0.25, -0.2) is 0 Å². The summed E-state index contributed by atoms with van der Waals surface area (Å²) in [6, 6.07) is 13.1. The molecule has 0 spiro atoms. The number of rotatable bonds is 6. The summed E-state index contributed by atoms with van der Waals surface area (Å²) in [5.74, 6) is 0.911. The Balaban J connectivity index is 1.39. The molecule has 1 aromatic heterocycles. The third kappa shape index (κ3) is 5.26. The molecule has 8 heteroatoms. The number of para-hydroxylation sites is 1. The molecule has 1 saturated heterocycles. The maximum Gasteiger partial charge on any atom is 0.241 e. The molecule has 31 heavy (non-hydrogen) atoms. The SMILES string of the molecule is CCc1ccccc1NC(=O)C1CCCN(Cc2nc(-c3ccc(Cl)cc3Cl)no2)C1. The van der Waals surface area contributed by atoms with E-state index in [1.165, 1.54) is 0 Å². The van der Waals surface area contributed by atoms with Gasteiger partial charge in [0.15, 0.2) is 0 Å². The summed E-state index contributed by atoms with van der Waals surface area (Å²) in [6.45, 7) is 4.12. The summed E-state index contributed by atoms with van der Waals surface area (Å²) in [5.41, 5.74) is 2.71. The molecule has 2 aromatic carbocycles. The van der Waals surface area contributed by atoms with E-state index in [1.54, 1.807) is 18.2 Å². The molecule has 2 heterocycles. The molecule has 0 radical (unpaired) electrons. The average molecular weight is 459 g/mol. The second kappa shape index (κ2) is 9.81. The van der Waals surface area contributed by atoms with E-state index in [1.807, 2.05) is 24.3 Å². The molecule has 4 rings (SSSR count). The Labute approximate surface area is 191 Å². The van der Waals surface area contributed by atoms with Crippen LogP contribution < -0.4 is 5.32 Å². The van der Waals surface area contributed by atoms with E-state index in [0.717, 1.165) is 37.1 Å². The molecular formula is C23H24Cl2N4O2. The van der Waals surface area contributed by atoms with Crippen molar-refractivity contribution in [1.82, 2.24) is 15.0 Å². The van der Waals surface area contributed by atoms with Crippen molar-refractivity contribution < 1.29 is 9.32 Å². The fourth-order valence-corrected chi connectivity index (χ4v) is 4.38. The first-order valence-corrected chi connectivity index (χ1v) is 11.2. The van der Waals surface area contributed by atoms with Gasteiger partial charge < -0.3 is 9.84 Å². The Morgan fingerprint density at radius 1 is 1.26 bits per heavy atom. The van der Waals surface area contributed by atoms with E-state index in [-0.39, 0.29) is 11.8 Å². The standard InChI is InChI=1S/C23H24Cl2N4O2/c1-2-15-6-3-4-8-20(15)26-23(30)16-7-5-11-29(13-16)14-21-27-22(28-31-21)18-10-9-17(24)12-19(18)25/h3-4,6,8-10,12,16H,2,5,7,11,13-14H2,1H3,(H,26,30). The summed E-state index contributed by atoms with van der Waals surface area (Å²) < 4.78 is 5.43. The van der Waals surface area contributed by atoms with Gasteiger partial charge in [0, 0.05) is 22.8 Å². The normalized spacial score (nSPS) is 16.9. The van der Waals surface area contributed by atoms with E-state index in [4.69, 9.17) is 27.7 Å². The van der Waals surface area contributed by atoms with Crippen LogP contribution in [0.15, 0.2) is 47.0 Å². The largest absolute Gasteiger partial charge is 0.338 e. The van der Waals surface area contributed by atoms with Gasteiger partial charge in [-0.1, -0.05) is 53.5 Å². The lowest BCUT2D eigenvalue weighted by Gasteiger charge is -2.31. The van der Waals surface area contributed by atoms with Crippen LogP contribution in [0.1, 0.15) is 31.2 Å². The minimum atomic E-state index is -0.0771. The zero-order valence-corrected chi connectivity index (χ0v) is 18.8. The second-order valence-electron chi connectivity index (χ2n) is 7.71. The van der Waals surface area contributed by atoms with Crippen molar-refractivity contribution in [3.63, 3.8) is 0 Å². The molecule has 1 amide bonds. The monoisotopic (exact) mass is 458 g/mol. The summed E-state index contributed by atoms with van der Waals surface area (Å²) in [4.78, 5) is 19.5. The number of anilines is 1. The van der Waals surface area contributed by atoms with Gasteiger partial charge in [-0.15, -0.1) is 0 Å². The van der Waals surface area contributed by atoms with Crippen LogP contribution in [0, 0.1) is 5.92 Å². The zero-order valence-electron chi connectivity index (χ0n) is 17.3. The first-order valence-electron chi connectivity index (χ1n) is 10.4. The Bertz CT molecular complexity index is 1070. The highest BCUT2D eigenvalue weighted by Gasteiger charge is 2.27. The molecule has 0 bridgehead atoms. The highest BCUT2D eigenvalue weighted by Crippen LogP contribution is 2.29. The molecule has 6 nitrogen and oxygen atoms in total. The number of likely N-dealkylation sites (tertiary alicyclic amines) is 1. The Hall–Kier alpha value is -2.41. The van der Waals surface area contributed by atoms with Gasteiger partial charge in [-0.3, -0.25) is 9.69 Å². The third-order valence-corrected chi connectivity index (χ3v) is 6.08. The smallest absolute Gasteiger partial charge is 0.241 e. The number of aryl methyl sites for hydroxylation is 1. The fourth-order valence-electron chi connectivity index (χ4n) is 3.89. The molecule has 0 aliphatic carbocycles. The van der Waals surface area contributed by atoms with Crippen molar-refractivity contribution >= 4 is 34.8 Å². The summed E-state index contributed by atoms with van der Waals surface area (Å²) in [6.07, 6.45) is 2.69. The van der Waals surface area contributed by atoms with Crippen LogP contribution in [0.3, 0.4) is 0 Å². The predicted molar refractivity (Wildman–Crippen MR) is 122 cm³/mol. The van der Waals surface area contributed by atoms with Crippen molar-refractivity contribution in [3.05, 3.63) is 64.0 Å². The second-order valence-corrected chi connectivity index (χ2v) is 8.55. The van der Waals surface area contributed by atoms with E-state index in [0.29, 0.717) is 40.4 Å². The Morgan fingerprint density at radius 3 is 2.90 bits per heavy atom. The first kappa shape index (κ1) is 21.8. The number of benzene rings is 2. The van der Waals surface area contributed by atoms with Gasteiger partial charge >= 0.3 is 0 Å². The van der Waals surface area contributed by atoms with Crippen molar-refractivity contribution in [2.24, 2.45) is 5.92 Å². The van der Waals surface area contributed by atoms with Gasteiger partial charge in [-0.2, -0.15) is 4.98 Å². The van der Waals surface area contributed by atoms with Crippen LogP contribution in [0.5, 0.6) is 0 Å². The van der Waals surface area contributed by atoms with E-state index < -0.39 is 0 Å². The topological polar surface area (TPSA) is 71.3 Å². The average Bonchev–Trinajstić information content (AvgIpc) is 3.22. The van der Waals surface area contributed by atoms with Gasteiger partial charge in [0.1, 0.15) is 0 Å². The van der Waals surface area contributed by atoms with Gasteiger partial charge in [0.25, 0.3) is 0 Å². The van der Waals surface area contributed by atoms with Crippen LogP contribution in [0.4, 0.5) is 5.69 Å². The molecule has 1 aliphatic rings. The number of amides is 1. The number of carbonyl (C=O) groups excluding carboxylic acids is 1. The summed E-state index contributed by atoms with van der Waals surface area (Å²) >= 11 is 12.2. The molecule has 3 aromatic rings. The van der Waals surface area contributed by atoms with Crippen LogP contribution >= 0.6 is 23.2 Å². The number of hydrogen-bond acceptors (Lipinski definition) is 5. The van der Waals surface area contributed by atoms with Crippen LogP contribution in [0.25, 0.3) is 11.4 Å². The minimum absolute atomic E-state index is 0.0600. The molecule has 0 saturated carbocycles. The molecule has 1 unspecified atom stereocenters. The minimum Gasteiger partial charge on any atom is -0.338 e. The quantitative estimate of drug-likeness (QED) is 0.530. The first-order chi connectivity index (χ1) is 15.0. The lowest BCUT2D eigenvalue weighted by Crippen LogP contribution is -2.40. The third-order valence-electron chi connectivity index (χ3n) is 5.53. The number of hydrogen-bond donors (Lipinski definition) is 1. The van der Waals surface area contributed by atoms with Crippen LogP contribution in [-0.4, -0.2) is 34.0 Å². The molecule has 1 N–H and O–H groups in total. The van der Waals surface area contributed by atoms with Crippen LogP contribution in [0.2, 0.25) is 10.0 Å². The summed E-state index contributed by atoms with van der Waals surface area (Å²) in [7, 11) is 0. The number of carbonyl (C=O) groups is 1. The lowest BCUT2D eigenvalue weighted by molar-refractivity contribution is -0.121. The molecule has 1 atom stereocenters. The van der Waals surface area contributed by atoms with E-state index in [2.05, 4.69) is 27.3 Å². The van der Waals surface area contributed by atoms with Crippen LogP contribution in [-0.2, 0) is 17.8 Å². The van der Waals surface area contributed by atoms with E-state index >= 15 is 0 Å². The maximum atomic E-state index is 12.9. The van der Waals surface area contributed by atoms with Crippen molar-refractivity contribution in [2.75, 3.05) is 18.4 Å². The van der Waals surface area contributed by atoms with Crippen molar-refractivity contribution in [3.8, 4) is 11.4 Å². The molecule has 1 aliphatic heterocycles. The Kier molecular flexibility index (Phi) is 6.90. The van der Waals surface area contributed by atoms with E-state index in [9.17, 15) is 4.79 Å². The molecular weight excluding hydrogens is 435 g/mol. The number of nitrogens with one attached hydrogen (secondary N) is 1. The highest BCUT2D eigenvalue weighted by atomic mass is 35.5. The van der Waals surface area contributed by atoms with Gasteiger partial charge in [0.05, 0.1) is 17.5 Å². The number of halogens is 2. The highest BCUT2D eigenvalue weighted by molar-refractivity contribution is 6.36. The molecule has 1 fully saturated rings. The van der Waals surface area contributed by atoms with Crippen molar-refractivity contribution in [1.29, 1.82) is 0 Å². The number of nitrogens with zero attached hydrogens (tertiary/aromatic N) is 3. The summed E-state index contributed by atoms with van der Waals surface area (Å²) in [5, 5.41) is 8.19. The van der Waals surface area contributed by atoms with Gasteiger partial charge in [-0.05, 0) is 55.6 Å². The number of aromatic nitrogens is 2. The fraction of sp³-hybridized carbons (Fsp3) is 0.348. The molecule has 162 valence electrons. The Morgan fingerprint density at radius 2 is 2.10 bits per heavy atom. The number of piperidine rings is 1. The zero-order chi connectivity index (χ0) is 21.8. The predicted octanol–water partition coefficient (Wildman–Crippen LogP) is 5.46. The van der Waals surface area contributed by atoms with Crippen molar-refractivity contribution in [2.45, 2.75) is 32.7 Å². The van der Waals surface area contributed by atoms with Gasteiger partial charge in [0.2, 0.25) is 17.6 Å². The lowest BCUT2D eigenvalue weighted by atomic mass is 9.96.